The molecule has 15 heavy (non-hydrogen) atoms. The number of aryl methyl sites for hydroxylation is 1. The van der Waals surface area contributed by atoms with Gasteiger partial charge in [-0.05, 0) is 43.8 Å². The molecule has 1 aromatic rings. The smallest absolute Gasteiger partial charge is 0.335 e. The van der Waals surface area contributed by atoms with Crippen LogP contribution in [-0.4, -0.2) is 29.6 Å². The zero-order chi connectivity index (χ0) is 11.4. The number of benzene rings is 1. The number of rotatable bonds is 4. The van der Waals surface area contributed by atoms with Crippen molar-refractivity contribution in [1.82, 2.24) is 4.90 Å². The quantitative estimate of drug-likeness (QED) is 0.822. The molecule has 0 heterocycles. The number of hydrogen-bond donors (Lipinski definition) is 1. The van der Waals surface area contributed by atoms with Crippen LogP contribution >= 0.6 is 0 Å². The highest BCUT2D eigenvalue weighted by Gasteiger charge is 2.06. The van der Waals surface area contributed by atoms with E-state index in [1.165, 1.54) is 5.56 Å². The van der Waals surface area contributed by atoms with E-state index in [1.54, 1.807) is 12.1 Å². The number of nitrogens with zero attached hydrogens (tertiary/aromatic N) is 1. The largest absolute Gasteiger partial charge is 0.478 e. The molecule has 0 aromatic heterocycles. The lowest BCUT2D eigenvalue weighted by molar-refractivity contribution is 0.0697. The van der Waals surface area contributed by atoms with Crippen LogP contribution in [0.4, 0.5) is 0 Å². The molecule has 0 saturated heterocycles. The summed E-state index contributed by atoms with van der Waals surface area (Å²) in [7, 11) is 2.05. The maximum Gasteiger partial charge on any atom is 0.335 e. The summed E-state index contributed by atoms with van der Waals surface area (Å²) < 4.78 is 0. The number of carboxylic acid groups (broad SMARTS) is 1. The van der Waals surface area contributed by atoms with Crippen LogP contribution in [0.15, 0.2) is 18.2 Å². The van der Waals surface area contributed by atoms with Crippen LogP contribution in [-0.2, 0) is 6.54 Å². The number of carboxylic acids is 1. The van der Waals surface area contributed by atoms with Crippen molar-refractivity contribution in [2.45, 2.75) is 20.4 Å². The Balaban J connectivity index is 2.88. The van der Waals surface area contributed by atoms with Gasteiger partial charge in [0.05, 0.1) is 5.56 Å². The molecule has 0 bridgehead atoms. The molecular weight excluding hydrogens is 190 g/mol. The molecule has 0 aliphatic rings. The second-order valence-electron chi connectivity index (χ2n) is 3.78. The van der Waals surface area contributed by atoms with Gasteiger partial charge in [-0.2, -0.15) is 0 Å². The van der Waals surface area contributed by atoms with Crippen LogP contribution < -0.4 is 0 Å². The summed E-state index contributed by atoms with van der Waals surface area (Å²) in [6, 6.07) is 5.28. The molecule has 0 unspecified atom stereocenters. The van der Waals surface area contributed by atoms with Gasteiger partial charge in [-0.15, -0.1) is 0 Å². The lowest BCUT2D eigenvalue weighted by Crippen LogP contribution is -2.17. The molecule has 0 saturated carbocycles. The summed E-state index contributed by atoms with van der Waals surface area (Å²) in [5.41, 5.74) is 2.58. The van der Waals surface area contributed by atoms with Crippen molar-refractivity contribution in [3.8, 4) is 0 Å². The van der Waals surface area contributed by atoms with Crippen molar-refractivity contribution in [2.24, 2.45) is 0 Å². The minimum absolute atomic E-state index is 0.357. The Bertz CT molecular complexity index is 361. The van der Waals surface area contributed by atoms with Crippen LogP contribution in [0.5, 0.6) is 0 Å². The predicted octanol–water partition coefficient (Wildman–Crippen LogP) is 2.14. The van der Waals surface area contributed by atoms with Crippen molar-refractivity contribution in [3.05, 3.63) is 34.9 Å². The van der Waals surface area contributed by atoms with Crippen LogP contribution in [0.3, 0.4) is 0 Å². The van der Waals surface area contributed by atoms with Gasteiger partial charge in [0.2, 0.25) is 0 Å². The molecule has 0 aliphatic carbocycles. The molecule has 0 radical (unpaired) electrons. The first-order valence-corrected chi connectivity index (χ1v) is 5.06. The molecule has 1 rings (SSSR count). The van der Waals surface area contributed by atoms with Crippen LogP contribution in [0.25, 0.3) is 0 Å². The topological polar surface area (TPSA) is 40.5 Å². The van der Waals surface area contributed by atoms with Crippen LogP contribution in [0.1, 0.15) is 28.4 Å². The SMILES string of the molecule is CCN(C)Cc1ccc(C(=O)O)cc1C. The molecule has 0 fully saturated rings. The van der Waals surface area contributed by atoms with E-state index in [2.05, 4.69) is 11.8 Å². The van der Waals surface area contributed by atoms with Gasteiger partial charge in [-0.3, -0.25) is 0 Å². The summed E-state index contributed by atoms with van der Waals surface area (Å²) in [5.74, 6) is -0.867. The highest BCUT2D eigenvalue weighted by atomic mass is 16.4. The van der Waals surface area contributed by atoms with Gasteiger partial charge in [0.1, 0.15) is 0 Å². The zero-order valence-electron chi connectivity index (χ0n) is 9.45. The minimum atomic E-state index is -0.867. The number of carbonyl (C=O) groups is 1. The Morgan fingerprint density at radius 1 is 1.47 bits per heavy atom. The Kier molecular flexibility index (Phi) is 3.86. The third kappa shape index (κ3) is 3.06. The van der Waals surface area contributed by atoms with Gasteiger partial charge in [-0.25, -0.2) is 4.79 Å². The lowest BCUT2D eigenvalue weighted by Gasteiger charge is -2.15. The normalized spacial score (nSPS) is 10.7. The van der Waals surface area contributed by atoms with Crippen LogP contribution in [0, 0.1) is 6.92 Å². The highest BCUT2D eigenvalue weighted by molar-refractivity contribution is 5.87. The lowest BCUT2D eigenvalue weighted by atomic mass is 10.0. The minimum Gasteiger partial charge on any atom is -0.478 e. The van der Waals surface area contributed by atoms with Gasteiger partial charge in [0.15, 0.2) is 0 Å². The van der Waals surface area contributed by atoms with E-state index >= 15 is 0 Å². The van der Waals surface area contributed by atoms with Crippen LogP contribution in [0.2, 0.25) is 0 Å². The number of hydrogen-bond acceptors (Lipinski definition) is 2. The molecule has 82 valence electrons. The van der Waals surface area contributed by atoms with E-state index in [9.17, 15) is 4.79 Å². The van der Waals surface area contributed by atoms with Gasteiger partial charge in [0, 0.05) is 6.54 Å². The first-order chi connectivity index (χ1) is 7.04. The van der Waals surface area contributed by atoms with Crippen molar-refractivity contribution < 1.29 is 9.90 Å². The molecular formula is C12H17NO2. The molecule has 0 spiro atoms. The predicted molar refractivity (Wildman–Crippen MR) is 60.1 cm³/mol. The Hall–Kier alpha value is -1.35. The average molecular weight is 207 g/mol. The van der Waals surface area contributed by atoms with Crippen molar-refractivity contribution >= 4 is 5.97 Å². The third-order valence-corrected chi connectivity index (χ3v) is 2.57. The highest BCUT2D eigenvalue weighted by Crippen LogP contribution is 2.12. The van der Waals surface area contributed by atoms with E-state index in [-0.39, 0.29) is 0 Å². The molecule has 0 amide bonds. The molecule has 0 atom stereocenters. The Labute approximate surface area is 90.3 Å². The first kappa shape index (κ1) is 11.7. The molecule has 3 heteroatoms. The van der Waals surface area contributed by atoms with E-state index in [0.717, 1.165) is 18.7 Å². The van der Waals surface area contributed by atoms with E-state index in [1.807, 2.05) is 20.0 Å². The van der Waals surface area contributed by atoms with Gasteiger partial charge < -0.3 is 10.0 Å². The van der Waals surface area contributed by atoms with Gasteiger partial charge in [-0.1, -0.05) is 13.0 Å². The van der Waals surface area contributed by atoms with E-state index < -0.39 is 5.97 Å². The van der Waals surface area contributed by atoms with Crippen molar-refractivity contribution in [3.63, 3.8) is 0 Å². The maximum atomic E-state index is 10.7. The third-order valence-electron chi connectivity index (χ3n) is 2.57. The summed E-state index contributed by atoms with van der Waals surface area (Å²) in [6.45, 7) is 5.90. The Morgan fingerprint density at radius 2 is 2.13 bits per heavy atom. The Morgan fingerprint density at radius 3 is 2.60 bits per heavy atom. The summed E-state index contributed by atoms with van der Waals surface area (Å²) in [6.07, 6.45) is 0. The molecule has 1 N–H and O–H groups in total. The van der Waals surface area contributed by atoms with E-state index in [0.29, 0.717) is 5.56 Å². The van der Waals surface area contributed by atoms with Crippen molar-refractivity contribution in [2.75, 3.05) is 13.6 Å². The summed E-state index contributed by atoms with van der Waals surface area (Å²) >= 11 is 0. The fourth-order valence-corrected chi connectivity index (χ4v) is 1.41. The molecule has 1 aromatic carbocycles. The fraction of sp³-hybridized carbons (Fsp3) is 0.417. The summed E-state index contributed by atoms with van der Waals surface area (Å²) in [4.78, 5) is 12.9. The standard InChI is InChI=1S/C12H17NO2/c1-4-13(3)8-11-6-5-10(12(14)15)7-9(11)2/h5-7H,4,8H2,1-3H3,(H,14,15). The zero-order valence-corrected chi connectivity index (χ0v) is 9.45. The van der Waals surface area contributed by atoms with E-state index in [4.69, 9.17) is 5.11 Å². The summed E-state index contributed by atoms with van der Waals surface area (Å²) in [5, 5.41) is 8.82. The number of aromatic carboxylic acids is 1. The van der Waals surface area contributed by atoms with Gasteiger partial charge >= 0.3 is 5.97 Å². The monoisotopic (exact) mass is 207 g/mol. The second kappa shape index (κ2) is 4.94. The average Bonchev–Trinajstić information content (AvgIpc) is 2.20. The fourth-order valence-electron chi connectivity index (χ4n) is 1.41. The first-order valence-electron chi connectivity index (χ1n) is 5.06. The molecule has 0 aliphatic heterocycles. The maximum absolute atomic E-state index is 10.7. The molecule has 3 nitrogen and oxygen atoms in total. The van der Waals surface area contributed by atoms with Crippen molar-refractivity contribution in [1.29, 1.82) is 0 Å². The van der Waals surface area contributed by atoms with Gasteiger partial charge in [0.25, 0.3) is 0 Å². The second-order valence-corrected chi connectivity index (χ2v) is 3.78.